The number of nitrogens with one attached hydrogen (secondary N) is 1. The number of pyridine rings is 1. The summed E-state index contributed by atoms with van der Waals surface area (Å²) < 4.78 is 4.77. The Bertz CT molecular complexity index is 513. The third-order valence-corrected chi connectivity index (χ3v) is 3.04. The number of nitrogens with zero attached hydrogens (tertiary/aromatic N) is 2. The maximum Gasteiger partial charge on any atom is 0.407 e. The van der Waals surface area contributed by atoms with Crippen molar-refractivity contribution in [2.24, 2.45) is 0 Å². The Balaban J connectivity index is 1.97. The molecule has 1 N–H and O–H groups in total. The van der Waals surface area contributed by atoms with Crippen LogP contribution < -0.4 is 5.32 Å². The number of carbonyl (C=O) groups is 1. The van der Waals surface area contributed by atoms with Crippen LogP contribution in [0.25, 0.3) is 10.7 Å². The van der Waals surface area contributed by atoms with E-state index in [-0.39, 0.29) is 0 Å². The van der Waals surface area contributed by atoms with E-state index in [4.69, 9.17) is 4.74 Å². The van der Waals surface area contributed by atoms with Crippen molar-refractivity contribution in [3.05, 3.63) is 35.5 Å². The number of carbonyl (C=O) groups excluding carboxylic acids is 1. The van der Waals surface area contributed by atoms with Crippen LogP contribution in [0.2, 0.25) is 0 Å². The fraction of sp³-hybridized carbons (Fsp3) is 0.250. The van der Waals surface area contributed by atoms with Gasteiger partial charge in [0.2, 0.25) is 0 Å². The van der Waals surface area contributed by atoms with Gasteiger partial charge in [0.05, 0.1) is 24.5 Å². The molecule has 0 atom stereocenters. The molecule has 0 aromatic carbocycles. The molecule has 0 unspecified atom stereocenters. The van der Waals surface area contributed by atoms with Gasteiger partial charge in [0, 0.05) is 11.6 Å². The average molecular weight is 263 g/mol. The largest absolute Gasteiger partial charge is 0.450 e. The fourth-order valence-corrected chi connectivity index (χ4v) is 2.14. The van der Waals surface area contributed by atoms with Gasteiger partial charge in [-0.1, -0.05) is 6.07 Å². The molecule has 18 heavy (non-hydrogen) atoms. The lowest BCUT2D eigenvalue weighted by atomic mass is 10.4. The topological polar surface area (TPSA) is 64.1 Å². The van der Waals surface area contributed by atoms with Crippen LogP contribution in [-0.2, 0) is 11.3 Å². The molecule has 6 heteroatoms. The predicted octanol–water partition coefficient (Wildman–Crippen LogP) is 2.45. The zero-order chi connectivity index (χ0) is 12.8. The highest BCUT2D eigenvalue weighted by molar-refractivity contribution is 7.13. The van der Waals surface area contributed by atoms with Crippen LogP contribution in [0.4, 0.5) is 4.79 Å². The van der Waals surface area contributed by atoms with Crippen molar-refractivity contribution in [2.75, 3.05) is 6.61 Å². The van der Waals surface area contributed by atoms with E-state index in [1.54, 1.807) is 13.1 Å². The average Bonchev–Trinajstić information content (AvgIpc) is 2.87. The van der Waals surface area contributed by atoms with E-state index in [9.17, 15) is 4.79 Å². The van der Waals surface area contributed by atoms with Gasteiger partial charge < -0.3 is 10.1 Å². The van der Waals surface area contributed by atoms with Gasteiger partial charge in [-0.05, 0) is 19.1 Å². The van der Waals surface area contributed by atoms with Gasteiger partial charge in [-0.25, -0.2) is 9.78 Å². The Morgan fingerprint density at radius 1 is 1.50 bits per heavy atom. The first-order valence-corrected chi connectivity index (χ1v) is 6.44. The molecule has 5 nitrogen and oxygen atoms in total. The van der Waals surface area contributed by atoms with Crippen molar-refractivity contribution in [3.8, 4) is 10.7 Å². The Labute approximate surface area is 109 Å². The third kappa shape index (κ3) is 3.27. The molecule has 94 valence electrons. The van der Waals surface area contributed by atoms with Gasteiger partial charge in [-0.2, -0.15) is 0 Å². The van der Waals surface area contributed by atoms with Crippen molar-refractivity contribution in [2.45, 2.75) is 13.5 Å². The molecule has 0 aliphatic carbocycles. The van der Waals surface area contributed by atoms with Crippen LogP contribution >= 0.6 is 11.3 Å². The number of hydrogen-bond donors (Lipinski definition) is 1. The smallest absolute Gasteiger partial charge is 0.407 e. The Morgan fingerprint density at radius 2 is 2.39 bits per heavy atom. The number of rotatable bonds is 4. The van der Waals surface area contributed by atoms with Gasteiger partial charge >= 0.3 is 6.09 Å². The molecule has 0 aliphatic heterocycles. The Hall–Kier alpha value is -1.95. The number of alkyl carbamates (subject to hydrolysis) is 1. The van der Waals surface area contributed by atoms with Crippen LogP contribution in [0.15, 0.2) is 29.8 Å². The lowest BCUT2D eigenvalue weighted by Crippen LogP contribution is -2.23. The molecule has 0 saturated heterocycles. The lowest BCUT2D eigenvalue weighted by molar-refractivity contribution is 0.151. The van der Waals surface area contributed by atoms with Crippen LogP contribution in [0.1, 0.15) is 12.6 Å². The molecular weight excluding hydrogens is 250 g/mol. The van der Waals surface area contributed by atoms with Crippen molar-refractivity contribution in [1.82, 2.24) is 15.3 Å². The number of ether oxygens (including phenoxy) is 1. The van der Waals surface area contributed by atoms with E-state index in [1.165, 1.54) is 11.3 Å². The van der Waals surface area contributed by atoms with Crippen LogP contribution in [-0.4, -0.2) is 22.7 Å². The quantitative estimate of drug-likeness (QED) is 0.920. The number of hydrogen-bond acceptors (Lipinski definition) is 5. The highest BCUT2D eigenvalue weighted by Crippen LogP contribution is 2.21. The molecule has 0 spiro atoms. The Kier molecular flexibility index (Phi) is 4.25. The lowest BCUT2D eigenvalue weighted by Gasteiger charge is -2.02. The summed E-state index contributed by atoms with van der Waals surface area (Å²) in [5, 5.41) is 5.37. The van der Waals surface area contributed by atoms with Crippen LogP contribution in [0, 0.1) is 0 Å². The maximum absolute atomic E-state index is 11.1. The second kappa shape index (κ2) is 6.11. The van der Waals surface area contributed by atoms with Crippen LogP contribution in [0.5, 0.6) is 0 Å². The highest BCUT2D eigenvalue weighted by Gasteiger charge is 2.06. The molecule has 2 rings (SSSR count). The zero-order valence-electron chi connectivity index (χ0n) is 9.92. The normalized spacial score (nSPS) is 10.1. The zero-order valence-corrected chi connectivity index (χ0v) is 10.7. The van der Waals surface area contributed by atoms with Gasteiger partial charge in [0.1, 0.15) is 5.01 Å². The van der Waals surface area contributed by atoms with E-state index in [1.807, 2.05) is 23.6 Å². The molecule has 2 aromatic heterocycles. The summed E-state index contributed by atoms with van der Waals surface area (Å²) >= 11 is 1.50. The summed E-state index contributed by atoms with van der Waals surface area (Å²) in [6.07, 6.45) is 1.30. The minimum atomic E-state index is -0.426. The SMILES string of the molecule is CCOC(=O)NCc1csc(-c2ccccn2)n1. The molecule has 0 radical (unpaired) electrons. The van der Waals surface area contributed by atoms with Gasteiger partial charge in [-0.3, -0.25) is 4.98 Å². The van der Waals surface area contributed by atoms with E-state index in [0.29, 0.717) is 13.2 Å². The second-order valence-corrected chi connectivity index (χ2v) is 4.29. The second-order valence-electron chi connectivity index (χ2n) is 3.43. The first-order valence-electron chi connectivity index (χ1n) is 5.56. The molecule has 0 aliphatic rings. The van der Waals surface area contributed by atoms with E-state index in [0.717, 1.165) is 16.4 Å². The van der Waals surface area contributed by atoms with E-state index >= 15 is 0 Å². The minimum Gasteiger partial charge on any atom is -0.450 e. The summed E-state index contributed by atoms with van der Waals surface area (Å²) in [6, 6.07) is 5.68. The molecule has 2 heterocycles. The number of thiazole rings is 1. The van der Waals surface area contributed by atoms with E-state index < -0.39 is 6.09 Å². The van der Waals surface area contributed by atoms with Crippen molar-refractivity contribution < 1.29 is 9.53 Å². The van der Waals surface area contributed by atoms with E-state index in [2.05, 4.69) is 15.3 Å². The summed E-state index contributed by atoms with van der Waals surface area (Å²) in [5.41, 5.74) is 1.64. The first kappa shape index (κ1) is 12.5. The van der Waals surface area contributed by atoms with Crippen molar-refractivity contribution in [3.63, 3.8) is 0 Å². The number of amides is 1. The Morgan fingerprint density at radius 3 is 3.11 bits per heavy atom. The highest BCUT2D eigenvalue weighted by atomic mass is 32.1. The van der Waals surface area contributed by atoms with Gasteiger partial charge in [-0.15, -0.1) is 11.3 Å². The maximum atomic E-state index is 11.1. The summed E-state index contributed by atoms with van der Waals surface area (Å²) in [7, 11) is 0. The third-order valence-electron chi connectivity index (χ3n) is 2.13. The standard InChI is InChI=1S/C12H13N3O2S/c1-2-17-12(16)14-7-9-8-18-11(15-9)10-5-3-4-6-13-10/h3-6,8H,2,7H2,1H3,(H,14,16). The molecule has 0 saturated carbocycles. The van der Waals surface area contributed by atoms with Crippen molar-refractivity contribution in [1.29, 1.82) is 0 Å². The molecule has 0 bridgehead atoms. The molecule has 0 fully saturated rings. The van der Waals surface area contributed by atoms with Crippen molar-refractivity contribution >= 4 is 17.4 Å². The predicted molar refractivity (Wildman–Crippen MR) is 69.2 cm³/mol. The minimum absolute atomic E-state index is 0.363. The molecule has 1 amide bonds. The summed E-state index contributed by atoms with van der Waals surface area (Å²) in [6.45, 7) is 2.49. The van der Waals surface area contributed by atoms with Gasteiger partial charge in [0.15, 0.2) is 0 Å². The number of aromatic nitrogens is 2. The summed E-state index contributed by atoms with van der Waals surface area (Å²) in [5.74, 6) is 0. The molecule has 2 aromatic rings. The first-order chi connectivity index (χ1) is 8.79. The summed E-state index contributed by atoms with van der Waals surface area (Å²) in [4.78, 5) is 19.7. The van der Waals surface area contributed by atoms with Crippen LogP contribution in [0.3, 0.4) is 0 Å². The fourth-order valence-electron chi connectivity index (χ4n) is 1.34. The monoisotopic (exact) mass is 263 g/mol. The molecular formula is C12H13N3O2S. The van der Waals surface area contributed by atoms with Gasteiger partial charge in [0.25, 0.3) is 0 Å².